The third-order valence-corrected chi connectivity index (χ3v) is 4.40. The molecule has 7 nitrogen and oxygen atoms in total. The van der Waals surface area contributed by atoms with E-state index in [2.05, 4.69) is 5.32 Å². The first kappa shape index (κ1) is 19.3. The fourth-order valence-electron chi connectivity index (χ4n) is 2.93. The zero-order chi connectivity index (χ0) is 20.3. The standard InChI is InChI=1S/C21H20N2O5/c1-3-11-28-21(27)14-7-6-8-15(12-14)22-18(24)13(2)23-19(25)16-9-4-5-10-17(16)20(23)26/h4-10,12-13H,3,11H2,1-2H3,(H,22,24)/t13-/m0/s1. The molecule has 3 rings (SSSR count). The van der Waals surface area contributed by atoms with Gasteiger partial charge >= 0.3 is 5.97 Å². The first-order chi connectivity index (χ1) is 13.4. The molecule has 2 aromatic rings. The van der Waals surface area contributed by atoms with Crippen molar-refractivity contribution in [2.75, 3.05) is 11.9 Å². The van der Waals surface area contributed by atoms with Gasteiger partial charge in [0, 0.05) is 5.69 Å². The largest absolute Gasteiger partial charge is 0.462 e. The Bertz CT molecular complexity index is 918. The quantitative estimate of drug-likeness (QED) is 0.614. The van der Waals surface area contributed by atoms with Gasteiger partial charge in [0.15, 0.2) is 0 Å². The van der Waals surface area contributed by atoms with Gasteiger partial charge in [-0.3, -0.25) is 19.3 Å². The van der Waals surface area contributed by atoms with Crippen molar-refractivity contribution in [2.45, 2.75) is 26.3 Å². The van der Waals surface area contributed by atoms with Crippen molar-refractivity contribution in [3.8, 4) is 0 Å². The SMILES string of the molecule is CCCOC(=O)c1cccc(NC(=O)[C@H](C)N2C(=O)c3ccccc3C2=O)c1. The second kappa shape index (κ2) is 8.04. The highest BCUT2D eigenvalue weighted by Gasteiger charge is 2.40. The zero-order valence-electron chi connectivity index (χ0n) is 15.6. The molecule has 0 saturated carbocycles. The molecular formula is C21H20N2O5. The third kappa shape index (κ3) is 3.64. The maximum absolute atomic E-state index is 12.6. The van der Waals surface area contributed by atoms with Crippen molar-refractivity contribution in [2.24, 2.45) is 0 Å². The Morgan fingerprint density at radius 2 is 1.68 bits per heavy atom. The third-order valence-electron chi connectivity index (χ3n) is 4.40. The van der Waals surface area contributed by atoms with Gasteiger partial charge in [-0.05, 0) is 43.7 Å². The van der Waals surface area contributed by atoms with Crippen LogP contribution in [0.25, 0.3) is 0 Å². The van der Waals surface area contributed by atoms with Crippen LogP contribution in [0.15, 0.2) is 48.5 Å². The fourth-order valence-corrected chi connectivity index (χ4v) is 2.93. The summed E-state index contributed by atoms with van der Waals surface area (Å²) < 4.78 is 5.08. The number of nitrogens with one attached hydrogen (secondary N) is 1. The molecular weight excluding hydrogens is 360 g/mol. The van der Waals surface area contributed by atoms with Crippen LogP contribution >= 0.6 is 0 Å². The molecule has 2 aromatic carbocycles. The Morgan fingerprint density at radius 1 is 1.04 bits per heavy atom. The number of hydrogen-bond acceptors (Lipinski definition) is 5. The number of imide groups is 1. The summed E-state index contributed by atoms with van der Waals surface area (Å²) in [6, 6.07) is 11.8. The van der Waals surface area contributed by atoms with E-state index in [-0.39, 0.29) is 11.1 Å². The van der Waals surface area contributed by atoms with Gasteiger partial charge in [0.25, 0.3) is 11.8 Å². The number of carbonyl (C=O) groups is 4. The van der Waals surface area contributed by atoms with Crippen molar-refractivity contribution in [3.05, 3.63) is 65.2 Å². The molecule has 1 N–H and O–H groups in total. The molecule has 0 spiro atoms. The van der Waals surface area contributed by atoms with E-state index >= 15 is 0 Å². The van der Waals surface area contributed by atoms with Crippen LogP contribution in [0.4, 0.5) is 5.69 Å². The van der Waals surface area contributed by atoms with Crippen LogP contribution in [0, 0.1) is 0 Å². The van der Waals surface area contributed by atoms with Gasteiger partial charge in [-0.15, -0.1) is 0 Å². The molecule has 7 heteroatoms. The van der Waals surface area contributed by atoms with E-state index in [1.807, 2.05) is 6.92 Å². The number of ether oxygens (including phenoxy) is 1. The van der Waals surface area contributed by atoms with Crippen LogP contribution in [0.5, 0.6) is 0 Å². The predicted molar refractivity (Wildman–Crippen MR) is 102 cm³/mol. The van der Waals surface area contributed by atoms with Crippen LogP contribution in [0.2, 0.25) is 0 Å². The van der Waals surface area contributed by atoms with E-state index in [0.717, 1.165) is 4.90 Å². The lowest BCUT2D eigenvalue weighted by atomic mass is 10.1. The first-order valence-electron chi connectivity index (χ1n) is 8.99. The molecule has 0 fully saturated rings. The van der Waals surface area contributed by atoms with Gasteiger partial charge in [0.2, 0.25) is 5.91 Å². The minimum atomic E-state index is -1.01. The summed E-state index contributed by atoms with van der Waals surface area (Å²) in [4.78, 5) is 50.6. The molecule has 0 radical (unpaired) electrons. The van der Waals surface area contributed by atoms with Gasteiger partial charge in [-0.25, -0.2) is 4.79 Å². The summed E-state index contributed by atoms with van der Waals surface area (Å²) in [7, 11) is 0. The van der Waals surface area contributed by atoms with Crippen molar-refractivity contribution in [1.82, 2.24) is 4.90 Å². The van der Waals surface area contributed by atoms with E-state index in [0.29, 0.717) is 24.3 Å². The van der Waals surface area contributed by atoms with Crippen molar-refractivity contribution in [1.29, 1.82) is 0 Å². The van der Waals surface area contributed by atoms with Gasteiger partial charge in [0.05, 0.1) is 23.3 Å². The van der Waals surface area contributed by atoms with Crippen LogP contribution in [0.1, 0.15) is 51.3 Å². The number of carbonyl (C=O) groups excluding carboxylic acids is 4. The minimum Gasteiger partial charge on any atom is -0.462 e. The summed E-state index contributed by atoms with van der Waals surface area (Å²) in [5, 5.41) is 2.64. The maximum Gasteiger partial charge on any atom is 0.338 e. The monoisotopic (exact) mass is 380 g/mol. The maximum atomic E-state index is 12.6. The van der Waals surface area contributed by atoms with Gasteiger partial charge in [0.1, 0.15) is 6.04 Å². The number of fused-ring (bicyclic) bond motifs is 1. The molecule has 1 heterocycles. The van der Waals surface area contributed by atoms with E-state index in [1.54, 1.807) is 42.5 Å². The van der Waals surface area contributed by atoms with Crippen molar-refractivity contribution >= 4 is 29.4 Å². The Morgan fingerprint density at radius 3 is 2.29 bits per heavy atom. The molecule has 144 valence electrons. The van der Waals surface area contributed by atoms with Crippen LogP contribution in [-0.2, 0) is 9.53 Å². The van der Waals surface area contributed by atoms with Crippen LogP contribution in [0.3, 0.4) is 0 Å². The molecule has 0 aromatic heterocycles. The number of nitrogens with zero attached hydrogens (tertiary/aromatic N) is 1. The highest BCUT2D eigenvalue weighted by molar-refractivity contribution is 6.23. The number of rotatable bonds is 6. The summed E-state index contributed by atoms with van der Waals surface area (Å²) in [6.45, 7) is 3.69. The molecule has 1 aliphatic rings. The van der Waals surface area contributed by atoms with E-state index in [9.17, 15) is 19.2 Å². The average Bonchev–Trinajstić information content (AvgIpc) is 2.96. The Hall–Kier alpha value is -3.48. The summed E-state index contributed by atoms with van der Waals surface area (Å²) >= 11 is 0. The summed E-state index contributed by atoms with van der Waals surface area (Å²) in [6.07, 6.45) is 0.708. The van der Waals surface area contributed by atoms with Gasteiger partial charge < -0.3 is 10.1 Å². The van der Waals surface area contributed by atoms with Crippen molar-refractivity contribution < 1.29 is 23.9 Å². The second-order valence-corrected chi connectivity index (χ2v) is 6.41. The number of hydrogen-bond donors (Lipinski definition) is 1. The average molecular weight is 380 g/mol. The Balaban J connectivity index is 1.73. The van der Waals surface area contributed by atoms with E-state index < -0.39 is 29.7 Å². The molecule has 0 saturated heterocycles. The van der Waals surface area contributed by atoms with Gasteiger partial charge in [-0.2, -0.15) is 0 Å². The summed E-state index contributed by atoms with van der Waals surface area (Å²) in [5.74, 6) is -2.01. The lowest BCUT2D eigenvalue weighted by Gasteiger charge is -2.21. The first-order valence-corrected chi connectivity index (χ1v) is 8.99. The molecule has 3 amide bonds. The van der Waals surface area contributed by atoms with E-state index in [1.165, 1.54) is 13.0 Å². The molecule has 28 heavy (non-hydrogen) atoms. The highest BCUT2D eigenvalue weighted by Crippen LogP contribution is 2.25. The normalized spacial score (nSPS) is 13.9. The molecule has 0 aliphatic carbocycles. The molecule has 0 bridgehead atoms. The van der Waals surface area contributed by atoms with Crippen molar-refractivity contribution in [3.63, 3.8) is 0 Å². The second-order valence-electron chi connectivity index (χ2n) is 6.41. The number of benzene rings is 2. The van der Waals surface area contributed by atoms with Crippen LogP contribution < -0.4 is 5.32 Å². The zero-order valence-corrected chi connectivity index (χ0v) is 15.6. The summed E-state index contributed by atoms with van der Waals surface area (Å²) in [5.41, 5.74) is 1.25. The number of amides is 3. The highest BCUT2D eigenvalue weighted by atomic mass is 16.5. The fraction of sp³-hybridized carbons (Fsp3) is 0.238. The van der Waals surface area contributed by atoms with E-state index in [4.69, 9.17) is 4.74 Å². The molecule has 1 atom stereocenters. The predicted octanol–water partition coefficient (Wildman–Crippen LogP) is 2.88. The lowest BCUT2D eigenvalue weighted by molar-refractivity contribution is -0.119. The Labute approximate surface area is 162 Å². The number of anilines is 1. The topological polar surface area (TPSA) is 92.8 Å². The smallest absolute Gasteiger partial charge is 0.338 e. The molecule has 0 unspecified atom stereocenters. The van der Waals surface area contributed by atoms with Gasteiger partial charge in [-0.1, -0.05) is 25.1 Å². The minimum absolute atomic E-state index is 0.285. The Kier molecular flexibility index (Phi) is 5.54. The van der Waals surface area contributed by atoms with Crippen LogP contribution in [-0.4, -0.2) is 41.2 Å². The number of esters is 1. The lowest BCUT2D eigenvalue weighted by Crippen LogP contribution is -2.45. The molecule has 1 aliphatic heterocycles.